The summed E-state index contributed by atoms with van der Waals surface area (Å²) in [5, 5.41) is 4.23. The minimum Gasteiger partial charge on any atom is -0.396 e. The molecule has 0 amide bonds. The highest BCUT2D eigenvalue weighted by molar-refractivity contribution is 6.14. The van der Waals surface area contributed by atoms with Crippen LogP contribution in [-0.2, 0) is 0 Å². The zero-order chi connectivity index (χ0) is 13.4. The number of nitrogens with two attached hydrogens (primary N) is 1. The van der Waals surface area contributed by atoms with Gasteiger partial charge < -0.3 is 5.73 Å². The molecule has 0 aromatic heterocycles. The first-order valence-electron chi connectivity index (χ1n) is 6.98. The van der Waals surface area contributed by atoms with Crippen LogP contribution in [0.2, 0.25) is 0 Å². The number of hydrogen-bond acceptors (Lipinski definition) is 4. The number of nitrogens with zero attached hydrogens (tertiary/aromatic N) is 2. The van der Waals surface area contributed by atoms with E-state index >= 15 is 0 Å². The number of allylic oxidation sites excluding steroid dienone is 2. The zero-order valence-corrected chi connectivity index (χ0v) is 12.3. The molecule has 1 aliphatic heterocycles. The third kappa shape index (κ3) is 4.77. The fourth-order valence-corrected chi connectivity index (χ4v) is 2.19. The van der Waals surface area contributed by atoms with Gasteiger partial charge in [0.2, 0.25) is 0 Å². The monoisotopic (exact) mass is 272 g/mol. The van der Waals surface area contributed by atoms with Crippen molar-refractivity contribution in [3.05, 3.63) is 11.4 Å². The largest absolute Gasteiger partial charge is 0.396 e. The maximum absolute atomic E-state index is 6.15. The number of unbranched alkanes of at least 4 members (excludes halogenated alkanes) is 4. The lowest BCUT2D eigenvalue weighted by Crippen LogP contribution is -2.35. The maximum Gasteiger partial charge on any atom is 0.0887 e. The van der Waals surface area contributed by atoms with Gasteiger partial charge in [0, 0.05) is 0 Å². The number of hydrazone groups is 1. The van der Waals surface area contributed by atoms with Gasteiger partial charge in [-0.15, -0.1) is 9.74 Å². The standard InChI is InChI=1S/C13H25ClN4/c1-3-5-7-9-11-13(15)12(10-8-6-4-2)17-18(14)16-11/h16H,3-10,15H2,1-2H3. The molecule has 1 aliphatic rings. The van der Waals surface area contributed by atoms with Crippen molar-refractivity contribution in [1.82, 2.24) is 10.1 Å². The van der Waals surface area contributed by atoms with Crippen molar-refractivity contribution >= 4 is 17.5 Å². The highest BCUT2D eigenvalue weighted by atomic mass is 35.5. The molecule has 1 heterocycles. The highest BCUT2D eigenvalue weighted by Gasteiger charge is 2.17. The molecule has 0 aromatic rings. The Morgan fingerprint density at radius 2 is 1.72 bits per heavy atom. The topological polar surface area (TPSA) is 53.6 Å². The molecule has 5 heteroatoms. The smallest absolute Gasteiger partial charge is 0.0887 e. The Kier molecular flexibility index (Phi) is 6.94. The molecule has 0 fully saturated rings. The number of halogens is 1. The minimum atomic E-state index is 0.791. The maximum atomic E-state index is 6.15. The second-order valence-electron chi connectivity index (χ2n) is 4.73. The molecule has 0 unspecified atom stereocenters. The molecule has 0 aromatic carbocycles. The summed E-state index contributed by atoms with van der Waals surface area (Å²) in [6, 6.07) is 0. The fraction of sp³-hybridized carbons (Fsp3) is 0.769. The Hall–Kier alpha value is -0.900. The Morgan fingerprint density at radius 3 is 2.33 bits per heavy atom. The quantitative estimate of drug-likeness (QED) is 0.524. The van der Waals surface area contributed by atoms with Crippen LogP contribution in [0.5, 0.6) is 0 Å². The van der Waals surface area contributed by atoms with Crippen LogP contribution >= 0.6 is 11.8 Å². The third-order valence-corrected chi connectivity index (χ3v) is 3.28. The van der Waals surface area contributed by atoms with Gasteiger partial charge in [-0.25, -0.2) is 0 Å². The van der Waals surface area contributed by atoms with Crippen molar-refractivity contribution in [3.63, 3.8) is 0 Å². The summed E-state index contributed by atoms with van der Waals surface area (Å²) >= 11 is 5.94. The van der Waals surface area contributed by atoms with Gasteiger partial charge in [0.1, 0.15) is 0 Å². The first-order chi connectivity index (χ1) is 8.69. The molecule has 3 N–H and O–H groups in total. The number of hydrogen-bond donors (Lipinski definition) is 2. The fourth-order valence-electron chi connectivity index (χ4n) is 2.00. The molecular weight excluding hydrogens is 248 g/mol. The lowest BCUT2D eigenvalue weighted by Gasteiger charge is -2.24. The van der Waals surface area contributed by atoms with Gasteiger partial charge in [0.25, 0.3) is 0 Å². The van der Waals surface area contributed by atoms with Gasteiger partial charge >= 0.3 is 0 Å². The van der Waals surface area contributed by atoms with E-state index in [4.69, 9.17) is 17.5 Å². The molecule has 0 atom stereocenters. The predicted octanol–water partition coefficient (Wildman–Crippen LogP) is 3.65. The number of hydrazine groups is 1. The first kappa shape index (κ1) is 15.2. The van der Waals surface area contributed by atoms with E-state index in [1.165, 1.54) is 30.3 Å². The molecular formula is C13H25ClN4. The van der Waals surface area contributed by atoms with Crippen LogP contribution < -0.4 is 11.2 Å². The van der Waals surface area contributed by atoms with Crippen molar-refractivity contribution in [3.8, 4) is 0 Å². The van der Waals surface area contributed by atoms with Gasteiger partial charge in [-0.05, 0) is 25.7 Å². The molecule has 18 heavy (non-hydrogen) atoms. The van der Waals surface area contributed by atoms with E-state index in [0.29, 0.717) is 0 Å². The summed E-state index contributed by atoms with van der Waals surface area (Å²) in [7, 11) is 0. The van der Waals surface area contributed by atoms with E-state index in [9.17, 15) is 0 Å². The van der Waals surface area contributed by atoms with Crippen LogP contribution in [0.15, 0.2) is 16.5 Å². The van der Waals surface area contributed by atoms with Crippen LogP contribution in [0.1, 0.15) is 65.2 Å². The molecule has 4 nitrogen and oxygen atoms in total. The van der Waals surface area contributed by atoms with Gasteiger partial charge in [-0.2, -0.15) is 0 Å². The average molecular weight is 273 g/mol. The van der Waals surface area contributed by atoms with Crippen molar-refractivity contribution < 1.29 is 0 Å². The Bertz CT molecular complexity index is 312. The zero-order valence-electron chi connectivity index (χ0n) is 11.5. The summed E-state index contributed by atoms with van der Waals surface area (Å²) in [5.41, 5.74) is 11.9. The third-order valence-electron chi connectivity index (χ3n) is 3.12. The predicted molar refractivity (Wildman–Crippen MR) is 77.8 cm³/mol. The summed E-state index contributed by atoms with van der Waals surface area (Å²) in [6.45, 7) is 4.38. The second-order valence-corrected chi connectivity index (χ2v) is 5.05. The van der Waals surface area contributed by atoms with E-state index in [-0.39, 0.29) is 0 Å². The molecule has 1 rings (SSSR count). The molecule has 0 radical (unpaired) electrons. The Labute approximate surface area is 115 Å². The molecule has 0 saturated heterocycles. The van der Waals surface area contributed by atoms with Crippen LogP contribution in [0.4, 0.5) is 0 Å². The highest BCUT2D eigenvalue weighted by Crippen LogP contribution is 2.18. The number of rotatable bonds is 8. The van der Waals surface area contributed by atoms with Crippen LogP contribution in [0, 0.1) is 0 Å². The van der Waals surface area contributed by atoms with Gasteiger partial charge in [-0.1, -0.05) is 39.5 Å². The van der Waals surface area contributed by atoms with E-state index in [0.717, 1.165) is 42.8 Å². The van der Waals surface area contributed by atoms with Crippen LogP contribution in [-0.4, -0.2) is 10.3 Å². The van der Waals surface area contributed by atoms with E-state index in [2.05, 4.69) is 24.4 Å². The van der Waals surface area contributed by atoms with Crippen molar-refractivity contribution in [2.24, 2.45) is 10.8 Å². The summed E-state index contributed by atoms with van der Waals surface area (Å²) in [5.74, 6) is 0. The summed E-state index contributed by atoms with van der Waals surface area (Å²) < 4.78 is 1.26. The second kappa shape index (κ2) is 8.25. The molecule has 0 spiro atoms. The molecule has 0 saturated carbocycles. The van der Waals surface area contributed by atoms with Gasteiger partial charge in [0.05, 0.1) is 28.9 Å². The molecule has 104 valence electrons. The van der Waals surface area contributed by atoms with Crippen LogP contribution in [0.3, 0.4) is 0 Å². The SMILES string of the molecule is CCCCCC1=NN(Cl)NC(CCCCC)=C1N. The first-order valence-corrected chi connectivity index (χ1v) is 7.31. The summed E-state index contributed by atoms with van der Waals surface area (Å²) in [4.78, 5) is 0. The summed E-state index contributed by atoms with van der Waals surface area (Å²) in [6.07, 6.45) is 8.90. The normalized spacial score (nSPS) is 15.7. The van der Waals surface area contributed by atoms with Crippen molar-refractivity contribution in [1.29, 1.82) is 0 Å². The molecule has 0 bridgehead atoms. The lowest BCUT2D eigenvalue weighted by atomic mass is 10.0. The van der Waals surface area contributed by atoms with Crippen LogP contribution in [0.25, 0.3) is 0 Å². The van der Waals surface area contributed by atoms with E-state index in [1.54, 1.807) is 0 Å². The van der Waals surface area contributed by atoms with Gasteiger partial charge in [0.15, 0.2) is 0 Å². The average Bonchev–Trinajstić information content (AvgIpc) is 2.35. The van der Waals surface area contributed by atoms with Crippen molar-refractivity contribution in [2.75, 3.05) is 0 Å². The van der Waals surface area contributed by atoms with Gasteiger partial charge in [-0.3, -0.25) is 5.43 Å². The van der Waals surface area contributed by atoms with E-state index < -0.39 is 0 Å². The molecule has 0 aliphatic carbocycles. The Balaban J connectivity index is 2.58. The Morgan fingerprint density at radius 1 is 1.11 bits per heavy atom. The van der Waals surface area contributed by atoms with Crippen molar-refractivity contribution in [2.45, 2.75) is 65.2 Å². The minimum absolute atomic E-state index is 0.791. The number of nitrogens with one attached hydrogen (secondary N) is 1. The lowest BCUT2D eigenvalue weighted by molar-refractivity contribution is 0.375. The van der Waals surface area contributed by atoms with E-state index in [1.807, 2.05) is 0 Å².